The Balaban J connectivity index is 1.28. The number of nitrogens with one attached hydrogen (secondary N) is 2. The van der Waals surface area contributed by atoms with E-state index in [1.807, 2.05) is 36.4 Å². The van der Waals surface area contributed by atoms with Crippen LogP contribution in [-0.4, -0.2) is 60.4 Å². The number of urea groups is 1. The van der Waals surface area contributed by atoms with Crippen molar-refractivity contribution in [3.05, 3.63) is 65.2 Å². The maximum atomic E-state index is 12.2. The number of carbonyl (C=O) groups excluding carboxylic acids is 2. The van der Waals surface area contributed by atoms with Gasteiger partial charge in [0, 0.05) is 36.8 Å². The maximum Gasteiger partial charge on any atom is 0.325 e. The van der Waals surface area contributed by atoms with Crippen molar-refractivity contribution in [1.29, 1.82) is 0 Å². The van der Waals surface area contributed by atoms with E-state index in [1.54, 1.807) is 19.1 Å². The van der Waals surface area contributed by atoms with E-state index in [-0.39, 0.29) is 32.0 Å². The predicted octanol–water partition coefficient (Wildman–Crippen LogP) is 5.31. The third-order valence-corrected chi connectivity index (χ3v) is 8.72. The second-order valence-electron chi connectivity index (χ2n) is 13.2. The zero-order chi connectivity index (χ0) is 29.9. The number of anilines is 1. The number of likely N-dealkylation sites (tertiary alicyclic amines) is 1. The molecule has 42 heavy (non-hydrogen) atoms. The monoisotopic (exact) mass is 579 g/mol. The van der Waals surface area contributed by atoms with Gasteiger partial charge >= 0.3 is 12.0 Å². The van der Waals surface area contributed by atoms with Gasteiger partial charge in [0.25, 0.3) is 0 Å². The molecule has 3 fully saturated rings. The Labute approximate surface area is 248 Å². The normalized spacial score (nSPS) is 28.7. The van der Waals surface area contributed by atoms with Crippen LogP contribution in [0.15, 0.2) is 48.5 Å². The van der Waals surface area contributed by atoms with Gasteiger partial charge in [-0.25, -0.2) is 4.79 Å². The lowest BCUT2D eigenvalue weighted by molar-refractivity contribution is -0.253. The van der Waals surface area contributed by atoms with Gasteiger partial charge < -0.3 is 30.0 Å². The summed E-state index contributed by atoms with van der Waals surface area (Å²) in [5, 5.41) is 14.7. The Kier molecular flexibility index (Phi) is 9.23. The summed E-state index contributed by atoms with van der Waals surface area (Å²) < 4.78 is 18.0. The number of benzene rings is 2. The summed E-state index contributed by atoms with van der Waals surface area (Å²) in [6, 6.07) is 15.4. The molecule has 2 aromatic carbocycles. The van der Waals surface area contributed by atoms with Crippen LogP contribution in [0.5, 0.6) is 0 Å². The second-order valence-corrected chi connectivity index (χ2v) is 13.2. The fourth-order valence-corrected chi connectivity index (χ4v) is 7.35. The Morgan fingerprint density at radius 3 is 2.43 bits per heavy atom. The molecule has 2 amide bonds. The molecule has 1 aliphatic carbocycles. The molecule has 2 saturated heterocycles. The standard InChI is InChI=1S/C33H45N3O6/c1-5-40-29(38)17-34-31(39)35-25-12-10-24(11-13-25)30-41-27(14-28(42-30)23-8-6-22(19-37)7-9-23)18-36-21-33(4)16-26(36)15-32(2,3)20-33/h6-13,26-28,30,37H,5,14-21H2,1-4H3,(H2,34,35,39). The maximum absolute atomic E-state index is 12.2. The minimum absolute atomic E-state index is 0.00681. The molecule has 0 radical (unpaired) electrons. The third kappa shape index (κ3) is 7.50. The van der Waals surface area contributed by atoms with Crippen LogP contribution in [0.2, 0.25) is 0 Å². The minimum atomic E-state index is -0.563. The second kappa shape index (κ2) is 12.7. The highest BCUT2D eigenvalue weighted by molar-refractivity contribution is 5.91. The fourth-order valence-electron chi connectivity index (χ4n) is 7.35. The van der Waals surface area contributed by atoms with Crippen LogP contribution in [0.4, 0.5) is 10.5 Å². The van der Waals surface area contributed by atoms with Gasteiger partial charge in [-0.2, -0.15) is 0 Å². The zero-order valence-electron chi connectivity index (χ0n) is 25.2. The van der Waals surface area contributed by atoms with Gasteiger partial charge in [-0.05, 0) is 60.3 Å². The Morgan fingerprint density at radius 1 is 1.02 bits per heavy atom. The topological polar surface area (TPSA) is 109 Å². The van der Waals surface area contributed by atoms with Gasteiger partial charge in [0.1, 0.15) is 6.54 Å². The molecule has 2 aromatic rings. The lowest BCUT2D eigenvalue weighted by Crippen LogP contribution is -2.42. The summed E-state index contributed by atoms with van der Waals surface area (Å²) >= 11 is 0. The van der Waals surface area contributed by atoms with E-state index in [1.165, 1.54) is 19.3 Å². The van der Waals surface area contributed by atoms with Crippen molar-refractivity contribution in [3.8, 4) is 0 Å². The quantitative estimate of drug-likeness (QED) is 0.346. The summed E-state index contributed by atoms with van der Waals surface area (Å²) in [7, 11) is 0. The van der Waals surface area contributed by atoms with Crippen LogP contribution in [0.3, 0.4) is 0 Å². The number of hydrogen-bond acceptors (Lipinski definition) is 7. The molecule has 0 aromatic heterocycles. The Hall–Kier alpha value is -2.98. The molecule has 5 unspecified atom stereocenters. The van der Waals surface area contributed by atoms with Crippen LogP contribution in [-0.2, 0) is 25.6 Å². The molecule has 228 valence electrons. The molecule has 5 rings (SSSR count). The van der Waals surface area contributed by atoms with Crippen molar-refractivity contribution >= 4 is 17.7 Å². The van der Waals surface area contributed by atoms with Crippen molar-refractivity contribution in [3.63, 3.8) is 0 Å². The summed E-state index contributed by atoms with van der Waals surface area (Å²) in [5.41, 5.74) is 4.09. The van der Waals surface area contributed by atoms with Gasteiger partial charge in [0.05, 0.1) is 25.4 Å². The van der Waals surface area contributed by atoms with Crippen LogP contribution in [0, 0.1) is 10.8 Å². The molecule has 3 N–H and O–H groups in total. The highest BCUT2D eigenvalue weighted by Gasteiger charge is 2.50. The number of ether oxygens (including phenoxy) is 3. The third-order valence-electron chi connectivity index (χ3n) is 8.72. The van der Waals surface area contributed by atoms with E-state index in [0.717, 1.165) is 36.2 Å². The largest absolute Gasteiger partial charge is 0.465 e. The number of aliphatic hydroxyl groups is 1. The first-order valence-electron chi connectivity index (χ1n) is 15.1. The van der Waals surface area contributed by atoms with Crippen LogP contribution in [0.1, 0.15) is 82.5 Å². The average Bonchev–Trinajstić information content (AvgIpc) is 3.19. The molecule has 9 heteroatoms. The number of aliphatic hydroxyl groups excluding tert-OH is 1. The highest BCUT2D eigenvalue weighted by atomic mass is 16.7. The Bertz CT molecular complexity index is 1230. The van der Waals surface area contributed by atoms with Gasteiger partial charge in [0.15, 0.2) is 6.29 Å². The first-order valence-corrected chi connectivity index (χ1v) is 15.1. The van der Waals surface area contributed by atoms with E-state index in [4.69, 9.17) is 14.2 Å². The van der Waals surface area contributed by atoms with Crippen molar-refractivity contribution in [2.24, 2.45) is 10.8 Å². The molecule has 0 spiro atoms. The molecular formula is C33H45N3O6. The number of carbonyl (C=O) groups is 2. The average molecular weight is 580 g/mol. The summed E-state index contributed by atoms with van der Waals surface area (Å²) in [5.74, 6) is -0.486. The molecule has 5 atom stereocenters. The minimum Gasteiger partial charge on any atom is -0.465 e. The van der Waals surface area contributed by atoms with Crippen LogP contribution in [0.25, 0.3) is 0 Å². The lowest BCUT2D eigenvalue weighted by Gasteiger charge is -2.41. The van der Waals surface area contributed by atoms with E-state index in [9.17, 15) is 14.7 Å². The molecular weight excluding hydrogens is 534 g/mol. The molecule has 1 saturated carbocycles. The van der Waals surface area contributed by atoms with E-state index >= 15 is 0 Å². The first-order chi connectivity index (χ1) is 20.0. The SMILES string of the molecule is CCOC(=O)CNC(=O)Nc1ccc(C2OC(CN3CC4(C)CC3CC(C)(C)C4)CC(c3ccc(CO)cc3)O2)cc1. The number of rotatable bonds is 9. The number of nitrogens with zero attached hydrogens (tertiary/aromatic N) is 1. The van der Waals surface area contributed by atoms with E-state index in [2.05, 4.69) is 36.3 Å². The van der Waals surface area contributed by atoms with Gasteiger partial charge in [0.2, 0.25) is 0 Å². The molecule has 3 aliphatic rings. The van der Waals surface area contributed by atoms with Crippen molar-refractivity contribution < 1.29 is 28.9 Å². The van der Waals surface area contributed by atoms with Crippen LogP contribution < -0.4 is 10.6 Å². The van der Waals surface area contributed by atoms with Crippen molar-refractivity contribution in [2.75, 3.05) is 31.6 Å². The summed E-state index contributed by atoms with van der Waals surface area (Å²) in [6.45, 7) is 11.0. The molecule has 9 nitrogen and oxygen atoms in total. The lowest BCUT2D eigenvalue weighted by atomic mass is 9.65. The number of amides is 2. The molecule has 2 heterocycles. The predicted molar refractivity (Wildman–Crippen MR) is 160 cm³/mol. The van der Waals surface area contributed by atoms with Crippen molar-refractivity contribution in [1.82, 2.24) is 10.2 Å². The summed E-state index contributed by atoms with van der Waals surface area (Å²) in [4.78, 5) is 26.4. The number of esters is 1. The van der Waals surface area contributed by atoms with Gasteiger partial charge in [-0.1, -0.05) is 57.2 Å². The van der Waals surface area contributed by atoms with Gasteiger partial charge in [-0.3, -0.25) is 9.69 Å². The highest BCUT2D eigenvalue weighted by Crippen LogP contribution is 2.53. The van der Waals surface area contributed by atoms with E-state index in [0.29, 0.717) is 22.6 Å². The number of fused-ring (bicyclic) bond motifs is 2. The zero-order valence-corrected chi connectivity index (χ0v) is 25.2. The van der Waals surface area contributed by atoms with Gasteiger partial charge in [-0.15, -0.1) is 0 Å². The first kappa shape index (κ1) is 30.5. The summed E-state index contributed by atoms with van der Waals surface area (Å²) in [6.07, 6.45) is 3.74. The number of hydrogen-bond donors (Lipinski definition) is 3. The van der Waals surface area contributed by atoms with E-state index < -0.39 is 18.3 Å². The van der Waals surface area contributed by atoms with Crippen LogP contribution >= 0.6 is 0 Å². The fraction of sp³-hybridized carbons (Fsp3) is 0.576. The molecule has 2 bridgehead atoms. The van der Waals surface area contributed by atoms with Crippen molar-refractivity contribution in [2.45, 2.75) is 84.5 Å². The smallest absolute Gasteiger partial charge is 0.325 e. The molecule has 2 aliphatic heterocycles. The Morgan fingerprint density at radius 2 is 1.74 bits per heavy atom.